The normalized spacial score (nSPS) is 16.4. The molecule has 1 aliphatic rings. The van der Waals surface area contributed by atoms with Crippen LogP contribution in [0.15, 0.2) is 84.9 Å². The van der Waals surface area contributed by atoms with E-state index in [1.165, 1.54) is 36.1 Å². The summed E-state index contributed by atoms with van der Waals surface area (Å²) in [6, 6.07) is 31.4. The maximum absolute atomic E-state index is 13.8. The van der Waals surface area contributed by atoms with E-state index in [9.17, 15) is 9.65 Å². The van der Waals surface area contributed by atoms with Crippen LogP contribution < -0.4 is 0 Å². The van der Waals surface area contributed by atoms with E-state index in [-0.39, 0.29) is 5.82 Å². The van der Waals surface area contributed by atoms with Crippen LogP contribution in [0.2, 0.25) is 0 Å². The predicted molar refractivity (Wildman–Crippen MR) is 151 cm³/mol. The average Bonchev–Trinajstić information content (AvgIpc) is 3.49. The number of nitrogens with zero attached hydrogens (tertiary/aromatic N) is 2. The molecule has 0 spiro atoms. The number of rotatable bonds is 13. The zero-order chi connectivity index (χ0) is 25.9. The van der Waals surface area contributed by atoms with E-state index in [0.717, 1.165) is 63.6 Å². The minimum Gasteiger partial charge on any atom is -0.300 e. The molecular weight excluding hydrogens is 455 g/mol. The molecule has 0 radical (unpaired) electrons. The Hall–Kier alpha value is -2.96. The molecule has 0 amide bonds. The van der Waals surface area contributed by atoms with Gasteiger partial charge in [0.05, 0.1) is 11.5 Å². The average molecular weight is 497 g/mol. The Morgan fingerprint density at radius 1 is 0.865 bits per heavy atom. The third-order valence-electron chi connectivity index (χ3n) is 8.53. The second kappa shape index (κ2) is 13.5. The molecule has 0 N–H and O–H groups in total. The molecule has 2 atom stereocenters. The minimum atomic E-state index is -0.540. The van der Waals surface area contributed by atoms with E-state index < -0.39 is 5.41 Å². The summed E-state index contributed by atoms with van der Waals surface area (Å²) >= 11 is 0. The molecule has 3 aromatic carbocycles. The monoisotopic (exact) mass is 496 g/mol. The lowest BCUT2D eigenvalue weighted by Crippen LogP contribution is -2.40. The SMILES string of the molecule is CCC(CCC(C#N)(c1ccc(F)cc1)C1CCCC1)N(CCc1ccccc1)CCc1ccccc1. The lowest BCUT2D eigenvalue weighted by atomic mass is 9.67. The first-order valence-electron chi connectivity index (χ1n) is 14.1. The Balaban J connectivity index is 1.53. The molecule has 0 saturated heterocycles. The Kier molecular flexibility index (Phi) is 9.92. The molecule has 4 rings (SSSR count). The Morgan fingerprint density at radius 2 is 1.41 bits per heavy atom. The van der Waals surface area contributed by atoms with Crippen molar-refractivity contribution in [1.82, 2.24) is 4.90 Å². The van der Waals surface area contributed by atoms with E-state index in [0.29, 0.717) is 12.0 Å². The van der Waals surface area contributed by atoms with Gasteiger partial charge in [0.15, 0.2) is 0 Å². The Labute approximate surface area is 223 Å². The van der Waals surface area contributed by atoms with Crippen LogP contribution in [0.5, 0.6) is 0 Å². The minimum absolute atomic E-state index is 0.235. The van der Waals surface area contributed by atoms with E-state index in [4.69, 9.17) is 0 Å². The van der Waals surface area contributed by atoms with Crippen molar-refractivity contribution in [3.05, 3.63) is 107 Å². The van der Waals surface area contributed by atoms with Crippen LogP contribution in [0.1, 0.15) is 68.6 Å². The van der Waals surface area contributed by atoms with Gasteiger partial charge in [-0.3, -0.25) is 4.90 Å². The molecule has 1 saturated carbocycles. The zero-order valence-corrected chi connectivity index (χ0v) is 22.3. The van der Waals surface area contributed by atoms with Crippen molar-refractivity contribution >= 4 is 0 Å². The first kappa shape index (κ1) is 27.1. The molecule has 3 aromatic rings. The van der Waals surface area contributed by atoms with Crippen LogP contribution in [0.4, 0.5) is 4.39 Å². The molecule has 1 fully saturated rings. The fraction of sp³-hybridized carbons (Fsp3) is 0.441. The second-order valence-electron chi connectivity index (χ2n) is 10.7. The van der Waals surface area contributed by atoms with Crippen LogP contribution in [0.3, 0.4) is 0 Å². The number of benzene rings is 3. The molecule has 2 nitrogen and oxygen atoms in total. The fourth-order valence-electron chi connectivity index (χ4n) is 6.31. The quantitative estimate of drug-likeness (QED) is 0.239. The van der Waals surface area contributed by atoms with Crippen molar-refractivity contribution in [2.75, 3.05) is 13.1 Å². The summed E-state index contributed by atoms with van der Waals surface area (Å²) in [4.78, 5) is 2.65. The maximum Gasteiger partial charge on any atom is 0.123 e. The first-order valence-corrected chi connectivity index (χ1v) is 14.1. The topological polar surface area (TPSA) is 27.0 Å². The molecular formula is C34H41FN2. The number of hydrogen-bond donors (Lipinski definition) is 0. The number of nitriles is 1. The van der Waals surface area contributed by atoms with Crippen LogP contribution in [-0.2, 0) is 18.3 Å². The highest BCUT2D eigenvalue weighted by Gasteiger charge is 2.42. The lowest BCUT2D eigenvalue weighted by Gasteiger charge is -2.37. The highest BCUT2D eigenvalue weighted by atomic mass is 19.1. The van der Waals surface area contributed by atoms with Gasteiger partial charge in [0.2, 0.25) is 0 Å². The van der Waals surface area contributed by atoms with Crippen molar-refractivity contribution in [3.8, 4) is 6.07 Å². The van der Waals surface area contributed by atoms with Crippen molar-refractivity contribution in [1.29, 1.82) is 5.26 Å². The summed E-state index contributed by atoms with van der Waals surface area (Å²) in [5.41, 5.74) is 3.19. The fourth-order valence-corrected chi connectivity index (χ4v) is 6.31. The van der Waals surface area contributed by atoms with Gasteiger partial charge in [0.1, 0.15) is 5.82 Å². The summed E-state index contributed by atoms with van der Waals surface area (Å²) in [5, 5.41) is 10.6. The number of halogens is 1. The summed E-state index contributed by atoms with van der Waals surface area (Å²) in [6.45, 7) is 4.30. The molecule has 0 aliphatic heterocycles. The van der Waals surface area contributed by atoms with Gasteiger partial charge in [-0.05, 0) is 79.7 Å². The standard InChI is InChI=1S/C34H41FN2/c1-2-33(21-24-34(27-36,30-15-9-10-16-30)31-17-19-32(35)20-18-31)37(25-22-28-11-5-3-6-12-28)26-23-29-13-7-4-8-14-29/h3-8,11-14,17-20,30,33H,2,9-10,15-16,21-26H2,1H3. The molecule has 0 bridgehead atoms. The van der Waals surface area contributed by atoms with E-state index in [1.54, 1.807) is 0 Å². The largest absolute Gasteiger partial charge is 0.300 e. The van der Waals surface area contributed by atoms with Crippen LogP contribution in [0.25, 0.3) is 0 Å². The second-order valence-corrected chi connectivity index (χ2v) is 10.7. The van der Waals surface area contributed by atoms with Gasteiger partial charge in [0.25, 0.3) is 0 Å². The molecule has 1 aliphatic carbocycles. The van der Waals surface area contributed by atoms with E-state index in [2.05, 4.69) is 78.6 Å². The third-order valence-corrected chi connectivity index (χ3v) is 8.53. The van der Waals surface area contributed by atoms with Crippen LogP contribution >= 0.6 is 0 Å². The van der Waals surface area contributed by atoms with E-state index >= 15 is 0 Å². The van der Waals surface area contributed by atoms with Gasteiger partial charge in [-0.15, -0.1) is 0 Å². The van der Waals surface area contributed by atoms with Crippen molar-refractivity contribution < 1.29 is 4.39 Å². The van der Waals surface area contributed by atoms with Gasteiger partial charge < -0.3 is 0 Å². The summed E-state index contributed by atoms with van der Waals surface area (Å²) in [5.74, 6) is 0.115. The molecule has 194 valence electrons. The van der Waals surface area contributed by atoms with Crippen molar-refractivity contribution in [2.24, 2.45) is 5.92 Å². The summed E-state index contributed by atoms with van der Waals surface area (Å²) < 4.78 is 13.8. The van der Waals surface area contributed by atoms with Crippen LogP contribution in [0, 0.1) is 23.1 Å². The highest BCUT2D eigenvalue weighted by molar-refractivity contribution is 5.34. The van der Waals surface area contributed by atoms with E-state index in [1.807, 2.05) is 12.1 Å². The predicted octanol–water partition coefficient (Wildman–Crippen LogP) is 8.12. The van der Waals surface area contributed by atoms with Gasteiger partial charge >= 0.3 is 0 Å². The highest BCUT2D eigenvalue weighted by Crippen LogP contribution is 2.45. The van der Waals surface area contributed by atoms with Gasteiger partial charge in [-0.1, -0.05) is 92.6 Å². The third kappa shape index (κ3) is 7.08. The van der Waals surface area contributed by atoms with Crippen LogP contribution in [-0.4, -0.2) is 24.0 Å². The molecule has 2 unspecified atom stereocenters. The van der Waals surface area contributed by atoms with Gasteiger partial charge in [0, 0.05) is 19.1 Å². The van der Waals surface area contributed by atoms with Crippen molar-refractivity contribution in [2.45, 2.75) is 76.2 Å². The van der Waals surface area contributed by atoms with Gasteiger partial charge in [-0.2, -0.15) is 5.26 Å². The Bertz CT molecular complexity index is 1060. The van der Waals surface area contributed by atoms with Crippen molar-refractivity contribution in [3.63, 3.8) is 0 Å². The number of hydrogen-bond acceptors (Lipinski definition) is 2. The molecule has 3 heteroatoms. The zero-order valence-electron chi connectivity index (χ0n) is 22.3. The Morgan fingerprint density at radius 3 is 1.89 bits per heavy atom. The molecule has 37 heavy (non-hydrogen) atoms. The maximum atomic E-state index is 13.8. The molecule has 0 heterocycles. The first-order chi connectivity index (χ1) is 18.1. The summed E-state index contributed by atoms with van der Waals surface area (Å²) in [7, 11) is 0. The summed E-state index contributed by atoms with van der Waals surface area (Å²) in [6.07, 6.45) is 9.46. The lowest BCUT2D eigenvalue weighted by molar-refractivity contribution is 0.169. The van der Waals surface area contributed by atoms with Gasteiger partial charge in [-0.25, -0.2) is 4.39 Å². The smallest absolute Gasteiger partial charge is 0.123 e. The molecule has 0 aromatic heterocycles.